The van der Waals surface area contributed by atoms with E-state index in [9.17, 15) is 14.0 Å². The Labute approximate surface area is 106 Å². The largest absolute Gasteiger partial charge is 0.480 e. The molecule has 0 fully saturated rings. The second-order valence-electron chi connectivity index (χ2n) is 3.34. The summed E-state index contributed by atoms with van der Waals surface area (Å²) in [6.45, 7) is 1.58. The second-order valence-corrected chi connectivity index (χ2v) is 4.19. The van der Waals surface area contributed by atoms with Crippen molar-refractivity contribution in [1.29, 1.82) is 0 Å². The molecule has 0 heterocycles. The van der Waals surface area contributed by atoms with E-state index in [0.717, 1.165) is 6.07 Å². The van der Waals surface area contributed by atoms with Gasteiger partial charge < -0.3 is 10.0 Å². The van der Waals surface area contributed by atoms with Gasteiger partial charge in [0, 0.05) is 11.0 Å². The fraction of sp³-hybridized carbons (Fsp3) is 0.273. The van der Waals surface area contributed by atoms with E-state index in [2.05, 4.69) is 15.9 Å². The van der Waals surface area contributed by atoms with Gasteiger partial charge in [-0.1, -0.05) is 0 Å². The number of hydrogen-bond donors (Lipinski definition) is 1. The second kappa shape index (κ2) is 5.77. The van der Waals surface area contributed by atoms with Crippen molar-refractivity contribution in [3.63, 3.8) is 0 Å². The van der Waals surface area contributed by atoms with E-state index in [1.54, 1.807) is 6.92 Å². The molecule has 17 heavy (non-hydrogen) atoms. The van der Waals surface area contributed by atoms with E-state index >= 15 is 0 Å². The van der Waals surface area contributed by atoms with E-state index in [4.69, 9.17) is 5.11 Å². The third-order valence-corrected chi connectivity index (χ3v) is 2.81. The quantitative estimate of drug-likeness (QED) is 0.927. The molecule has 1 aromatic rings. The summed E-state index contributed by atoms with van der Waals surface area (Å²) >= 11 is 3.08. The average molecular weight is 304 g/mol. The minimum atomic E-state index is -1.08. The molecule has 0 saturated carbocycles. The molecule has 0 aliphatic carbocycles. The van der Waals surface area contributed by atoms with Crippen molar-refractivity contribution in [3.05, 3.63) is 34.1 Å². The van der Waals surface area contributed by atoms with Gasteiger partial charge in [0.2, 0.25) is 0 Å². The van der Waals surface area contributed by atoms with Gasteiger partial charge in [-0.15, -0.1) is 0 Å². The van der Waals surface area contributed by atoms with Crippen molar-refractivity contribution in [3.8, 4) is 0 Å². The van der Waals surface area contributed by atoms with Crippen molar-refractivity contribution >= 4 is 27.8 Å². The molecular formula is C11H11BrFNO3. The van der Waals surface area contributed by atoms with Gasteiger partial charge in [-0.3, -0.25) is 9.59 Å². The summed E-state index contributed by atoms with van der Waals surface area (Å²) in [5.41, 5.74) is 0.245. The fourth-order valence-corrected chi connectivity index (χ4v) is 1.84. The van der Waals surface area contributed by atoms with E-state index in [1.165, 1.54) is 17.0 Å². The SMILES string of the molecule is CCN(CC(=O)O)C(=O)c1ccc(F)cc1Br. The van der Waals surface area contributed by atoms with E-state index in [1.807, 2.05) is 0 Å². The predicted octanol–water partition coefficient (Wildman–Crippen LogP) is 2.13. The first-order chi connectivity index (χ1) is 7.95. The zero-order valence-corrected chi connectivity index (χ0v) is 10.7. The molecule has 0 aromatic heterocycles. The molecule has 1 amide bonds. The number of amides is 1. The molecule has 0 atom stereocenters. The lowest BCUT2D eigenvalue weighted by molar-refractivity contribution is -0.137. The third kappa shape index (κ3) is 3.52. The van der Waals surface area contributed by atoms with Crippen LogP contribution in [-0.2, 0) is 4.79 Å². The minimum absolute atomic E-state index is 0.245. The topological polar surface area (TPSA) is 57.6 Å². The maximum absolute atomic E-state index is 12.9. The smallest absolute Gasteiger partial charge is 0.323 e. The van der Waals surface area contributed by atoms with Crippen LogP contribution in [0.3, 0.4) is 0 Å². The molecule has 4 nitrogen and oxygen atoms in total. The number of carboxylic acid groups (broad SMARTS) is 1. The summed E-state index contributed by atoms with van der Waals surface area (Å²) in [7, 11) is 0. The Balaban J connectivity index is 2.97. The highest BCUT2D eigenvalue weighted by molar-refractivity contribution is 9.10. The molecule has 1 aromatic carbocycles. The van der Waals surface area contributed by atoms with Gasteiger partial charge in [0.1, 0.15) is 12.4 Å². The highest BCUT2D eigenvalue weighted by Gasteiger charge is 2.19. The Morgan fingerprint density at radius 2 is 2.12 bits per heavy atom. The molecule has 0 spiro atoms. The highest BCUT2D eigenvalue weighted by atomic mass is 79.9. The van der Waals surface area contributed by atoms with Gasteiger partial charge in [0.15, 0.2) is 0 Å². The first-order valence-electron chi connectivity index (χ1n) is 4.91. The number of hydrogen-bond acceptors (Lipinski definition) is 2. The standard InChI is InChI=1S/C11H11BrFNO3/c1-2-14(6-10(15)16)11(17)8-4-3-7(13)5-9(8)12/h3-5H,2,6H2,1H3,(H,15,16). The molecule has 0 bridgehead atoms. The number of carboxylic acids is 1. The molecule has 92 valence electrons. The summed E-state index contributed by atoms with van der Waals surface area (Å²) in [6, 6.07) is 3.65. The van der Waals surface area contributed by atoms with Crippen molar-refractivity contribution < 1.29 is 19.1 Å². The first-order valence-corrected chi connectivity index (χ1v) is 5.71. The van der Waals surface area contributed by atoms with Crippen LogP contribution in [-0.4, -0.2) is 35.0 Å². The van der Waals surface area contributed by atoms with Crippen LogP contribution in [0.5, 0.6) is 0 Å². The zero-order valence-electron chi connectivity index (χ0n) is 9.11. The predicted molar refractivity (Wildman–Crippen MR) is 63.3 cm³/mol. The summed E-state index contributed by atoms with van der Waals surface area (Å²) in [5, 5.41) is 8.66. The summed E-state index contributed by atoms with van der Waals surface area (Å²) in [5.74, 6) is -1.99. The molecule has 0 aliphatic heterocycles. The number of carbonyl (C=O) groups excluding carboxylic acids is 1. The Hall–Kier alpha value is -1.43. The Morgan fingerprint density at radius 1 is 1.47 bits per heavy atom. The highest BCUT2D eigenvalue weighted by Crippen LogP contribution is 2.19. The molecule has 1 rings (SSSR count). The Kier molecular flexibility index (Phi) is 4.62. The summed E-state index contributed by atoms with van der Waals surface area (Å²) in [6.07, 6.45) is 0. The first kappa shape index (κ1) is 13.6. The van der Waals surface area contributed by atoms with Gasteiger partial charge in [0.25, 0.3) is 5.91 Å². The Morgan fingerprint density at radius 3 is 2.59 bits per heavy atom. The monoisotopic (exact) mass is 303 g/mol. The number of aliphatic carboxylic acids is 1. The minimum Gasteiger partial charge on any atom is -0.480 e. The lowest BCUT2D eigenvalue weighted by Crippen LogP contribution is -2.35. The van der Waals surface area contributed by atoms with Crippen LogP contribution in [0.2, 0.25) is 0 Å². The van der Waals surface area contributed by atoms with Gasteiger partial charge in [-0.05, 0) is 41.1 Å². The van der Waals surface area contributed by atoms with Gasteiger partial charge in [0.05, 0.1) is 5.56 Å². The average Bonchev–Trinajstić information content (AvgIpc) is 2.24. The maximum Gasteiger partial charge on any atom is 0.323 e. The van der Waals surface area contributed by atoms with E-state index in [-0.39, 0.29) is 18.7 Å². The van der Waals surface area contributed by atoms with Crippen LogP contribution in [0.15, 0.2) is 22.7 Å². The molecule has 0 aliphatic rings. The zero-order chi connectivity index (χ0) is 13.0. The lowest BCUT2D eigenvalue weighted by Gasteiger charge is -2.19. The van der Waals surface area contributed by atoms with E-state index in [0.29, 0.717) is 4.47 Å². The third-order valence-electron chi connectivity index (χ3n) is 2.16. The van der Waals surface area contributed by atoms with Crippen molar-refractivity contribution in [1.82, 2.24) is 4.90 Å². The number of likely N-dealkylation sites (N-methyl/N-ethyl adjacent to an activating group) is 1. The van der Waals surface area contributed by atoms with Crippen LogP contribution < -0.4 is 0 Å². The molecule has 0 radical (unpaired) electrons. The van der Waals surface area contributed by atoms with Gasteiger partial charge in [-0.25, -0.2) is 4.39 Å². The number of rotatable bonds is 4. The van der Waals surface area contributed by atoms with Crippen LogP contribution in [0.25, 0.3) is 0 Å². The van der Waals surface area contributed by atoms with Crippen LogP contribution in [0.4, 0.5) is 4.39 Å². The van der Waals surface area contributed by atoms with Crippen molar-refractivity contribution in [2.24, 2.45) is 0 Å². The van der Waals surface area contributed by atoms with Crippen molar-refractivity contribution in [2.45, 2.75) is 6.92 Å². The van der Waals surface area contributed by atoms with Gasteiger partial charge in [-0.2, -0.15) is 0 Å². The molecule has 0 unspecified atom stereocenters. The Bertz CT molecular complexity index is 450. The van der Waals surface area contributed by atoms with Crippen LogP contribution in [0, 0.1) is 5.82 Å². The number of benzene rings is 1. The molecular weight excluding hydrogens is 293 g/mol. The summed E-state index contributed by atoms with van der Waals surface area (Å²) < 4.78 is 13.2. The van der Waals surface area contributed by atoms with Crippen LogP contribution in [0.1, 0.15) is 17.3 Å². The number of carbonyl (C=O) groups is 2. The molecule has 6 heteroatoms. The number of nitrogens with zero attached hydrogens (tertiary/aromatic N) is 1. The van der Waals surface area contributed by atoms with Gasteiger partial charge >= 0.3 is 5.97 Å². The lowest BCUT2D eigenvalue weighted by atomic mass is 10.2. The summed E-state index contributed by atoms with van der Waals surface area (Å²) in [4.78, 5) is 23.7. The molecule has 0 saturated heterocycles. The maximum atomic E-state index is 12.9. The van der Waals surface area contributed by atoms with Crippen molar-refractivity contribution in [2.75, 3.05) is 13.1 Å². The number of halogens is 2. The molecule has 1 N–H and O–H groups in total. The van der Waals surface area contributed by atoms with E-state index < -0.39 is 17.7 Å². The normalized spacial score (nSPS) is 10.1. The fourth-order valence-electron chi connectivity index (χ4n) is 1.32. The van der Waals surface area contributed by atoms with Crippen LogP contribution >= 0.6 is 15.9 Å².